The van der Waals surface area contributed by atoms with Crippen LogP contribution in [0.1, 0.15) is 22.2 Å². The Kier molecular flexibility index (Phi) is 4.09. The summed E-state index contributed by atoms with van der Waals surface area (Å²) in [5.41, 5.74) is 8.52. The fraction of sp³-hybridized carbons (Fsp3) is 0.250. The maximum Gasteiger partial charge on any atom is 0.350 e. The van der Waals surface area contributed by atoms with Crippen LogP contribution >= 0.6 is 38.6 Å². The summed E-state index contributed by atoms with van der Waals surface area (Å²) in [6.07, 6.45) is 0. The normalized spacial score (nSPS) is 10.6. The van der Waals surface area contributed by atoms with Crippen molar-refractivity contribution in [3.05, 3.63) is 25.7 Å². The summed E-state index contributed by atoms with van der Waals surface area (Å²) >= 11 is 6.43. The Morgan fingerprint density at radius 3 is 2.83 bits per heavy atom. The predicted octanol–water partition coefficient (Wildman–Crippen LogP) is 4.31. The molecule has 2 N–H and O–H groups in total. The number of hydrogen-bond donors (Lipinski definition) is 1. The van der Waals surface area contributed by atoms with Gasteiger partial charge in [-0.2, -0.15) is 0 Å². The van der Waals surface area contributed by atoms with Gasteiger partial charge in [-0.25, -0.2) is 4.79 Å². The molecule has 0 saturated carbocycles. The molecule has 0 aliphatic heterocycles. The summed E-state index contributed by atoms with van der Waals surface area (Å²) in [5, 5.41) is 2.04. The maximum absolute atomic E-state index is 11.8. The number of nitrogens with two attached hydrogens (primary N) is 1. The Labute approximate surface area is 122 Å². The second-order valence-corrected chi connectivity index (χ2v) is 6.97. The second kappa shape index (κ2) is 5.42. The van der Waals surface area contributed by atoms with E-state index in [0.717, 1.165) is 19.8 Å². The first-order valence-electron chi connectivity index (χ1n) is 5.35. The molecule has 0 unspecified atom stereocenters. The molecule has 0 radical (unpaired) electrons. The number of hydrogen-bond acceptors (Lipinski definition) is 5. The van der Waals surface area contributed by atoms with E-state index in [9.17, 15) is 4.79 Å². The summed E-state index contributed by atoms with van der Waals surface area (Å²) in [5.74, 6) is -0.344. The van der Waals surface area contributed by atoms with Crippen molar-refractivity contribution >= 4 is 50.3 Å². The van der Waals surface area contributed by atoms with Crippen molar-refractivity contribution in [2.24, 2.45) is 0 Å². The Morgan fingerprint density at radius 2 is 2.28 bits per heavy atom. The van der Waals surface area contributed by atoms with E-state index in [2.05, 4.69) is 15.9 Å². The fourth-order valence-corrected chi connectivity index (χ4v) is 3.91. The van der Waals surface area contributed by atoms with Gasteiger partial charge in [0.05, 0.1) is 16.1 Å². The standard InChI is InChI=1S/C12H12BrNO2S2/c1-3-16-12(15)11-9(14)6(2)10(18-11)7-4-8(13)17-5-7/h4-5H,3,14H2,1-2H3. The first kappa shape index (κ1) is 13.6. The molecule has 0 amide bonds. The molecule has 2 rings (SSSR count). The van der Waals surface area contributed by atoms with Crippen LogP contribution in [0.4, 0.5) is 5.69 Å². The number of esters is 1. The Balaban J connectivity index is 2.45. The van der Waals surface area contributed by atoms with Crippen LogP contribution in [0.25, 0.3) is 10.4 Å². The van der Waals surface area contributed by atoms with Gasteiger partial charge in [0.2, 0.25) is 0 Å². The molecule has 3 nitrogen and oxygen atoms in total. The zero-order chi connectivity index (χ0) is 13.3. The van der Waals surface area contributed by atoms with Crippen LogP contribution in [0.3, 0.4) is 0 Å². The first-order chi connectivity index (χ1) is 8.54. The SMILES string of the molecule is CCOC(=O)c1sc(-c2csc(Br)c2)c(C)c1N. The molecular weight excluding hydrogens is 334 g/mol. The maximum atomic E-state index is 11.8. The molecule has 2 aromatic rings. The topological polar surface area (TPSA) is 52.3 Å². The molecule has 2 aromatic heterocycles. The van der Waals surface area contributed by atoms with E-state index in [-0.39, 0.29) is 5.97 Å². The molecule has 0 spiro atoms. The molecule has 0 fully saturated rings. The van der Waals surface area contributed by atoms with Crippen LogP contribution in [-0.4, -0.2) is 12.6 Å². The Bertz CT molecular complexity index is 589. The monoisotopic (exact) mass is 345 g/mol. The van der Waals surface area contributed by atoms with E-state index < -0.39 is 0 Å². The van der Waals surface area contributed by atoms with Crippen molar-refractivity contribution in [2.45, 2.75) is 13.8 Å². The van der Waals surface area contributed by atoms with E-state index in [1.165, 1.54) is 11.3 Å². The van der Waals surface area contributed by atoms with Gasteiger partial charge in [-0.05, 0) is 41.4 Å². The van der Waals surface area contributed by atoms with Crippen LogP contribution in [-0.2, 0) is 4.74 Å². The van der Waals surface area contributed by atoms with Gasteiger partial charge in [0.1, 0.15) is 4.88 Å². The van der Waals surface area contributed by atoms with Crippen molar-refractivity contribution in [3.8, 4) is 10.4 Å². The molecule has 0 aliphatic carbocycles. The highest BCUT2D eigenvalue weighted by atomic mass is 79.9. The molecule has 2 heterocycles. The summed E-state index contributed by atoms with van der Waals surface area (Å²) in [4.78, 5) is 13.3. The van der Waals surface area contributed by atoms with E-state index in [4.69, 9.17) is 10.5 Å². The van der Waals surface area contributed by atoms with E-state index in [1.54, 1.807) is 18.3 Å². The lowest BCUT2D eigenvalue weighted by Gasteiger charge is -1.99. The zero-order valence-electron chi connectivity index (χ0n) is 9.95. The molecular formula is C12H12BrNO2S2. The van der Waals surface area contributed by atoms with Crippen molar-refractivity contribution in [3.63, 3.8) is 0 Å². The second-order valence-electron chi connectivity index (χ2n) is 3.66. The van der Waals surface area contributed by atoms with Crippen LogP contribution < -0.4 is 5.73 Å². The lowest BCUT2D eigenvalue weighted by Crippen LogP contribution is -2.05. The van der Waals surface area contributed by atoms with Gasteiger partial charge in [0, 0.05) is 15.8 Å². The molecule has 6 heteroatoms. The minimum atomic E-state index is -0.344. The number of rotatable bonds is 3. The van der Waals surface area contributed by atoms with Crippen LogP contribution in [0.5, 0.6) is 0 Å². The highest BCUT2D eigenvalue weighted by molar-refractivity contribution is 9.11. The largest absolute Gasteiger partial charge is 0.462 e. The molecule has 0 saturated heterocycles. The van der Waals surface area contributed by atoms with E-state index in [0.29, 0.717) is 17.2 Å². The average molecular weight is 346 g/mol. The van der Waals surface area contributed by atoms with Crippen molar-refractivity contribution in [1.82, 2.24) is 0 Å². The van der Waals surface area contributed by atoms with E-state index >= 15 is 0 Å². The number of carbonyl (C=O) groups is 1. The van der Waals surface area contributed by atoms with Crippen LogP contribution in [0.2, 0.25) is 0 Å². The molecule has 18 heavy (non-hydrogen) atoms. The third-order valence-corrected chi connectivity index (χ3v) is 5.33. The van der Waals surface area contributed by atoms with Gasteiger partial charge in [-0.1, -0.05) is 0 Å². The molecule has 0 aliphatic rings. The smallest absolute Gasteiger partial charge is 0.350 e. The van der Waals surface area contributed by atoms with Gasteiger partial charge in [-0.3, -0.25) is 0 Å². The van der Waals surface area contributed by atoms with Gasteiger partial charge in [0.25, 0.3) is 0 Å². The highest BCUT2D eigenvalue weighted by Gasteiger charge is 2.20. The first-order valence-corrected chi connectivity index (χ1v) is 7.83. The average Bonchev–Trinajstić information content (AvgIpc) is 2.86. The van der Waals surface area contributed by atoms with Gasteiger partial charge < -0.3 is 10.5 Å². The number of ether oxygens (including phenoxy) is 1. The van der Waals surface area contributed by atoms with Gasteiger partial charge in [0.15, 0.2) is 0 Å². The van der Waals surface area contributed by atoms with Crippen molar-refractivity contribution < 1.29 is 9.53 Å². The Hall–Kier alpha value is -0.850. The summed E-state index contributed by atoms with van der Waals surface area (Å²) in [6.45, 7) is 4.06. The minimum Gasteiger partial charge on any atom is -0.462 e. The van der Waals surface area contributed by atoms with Crippen LogP contribution in [0.15, 0.2) is 15.2 Å². The molecule has 0 aromatic carbocycles. The minimum absolute atomic E-state index is 0.344. The third-order valence-electron chi connectivity index (χ3n) is 2.48. The van der Waals surface area contributed by atoms with Crippen molar-refractivity contribution in [2.75, 3.05) is 12.3 Å². The molecule has 96 valence electrons. The van der Waals surface area contributed by atoms with Crippen LogP contribution in [0, 0.1) is 6.92 Å². The quantitative estimate of drug-likeness (QED) is 0.843. The third kappa shape index (κ3) is 2.46. The molecule has 0 atom stereocenters. The van der Waals surface area contributed by atoms with Gasteiger partial charge in [-0.15, -0.1) is 22.7 Å². The summed E-state index contributed by atoms with van der Waals surface area (Å²) in [6, 6.07) is 2.03. The number of halogens is 1. The van der Waals surface area contributed by atoms with Crippen molar-refractivity contribution in [1.29, 1.82) is 0 Å². The predicted molar refractivity (Wildman–Crippen MR) is 80.4 cm³/mol. The molecule has 0 bridgehead atoms. The van der Waals surface area contributed by atoms with Gasteiger partial charge >= 0.3 is 5.97 Å². The lowest BCUT2D eigenvalue weighted by atomic mass is 10.1. The highest BCUT2D eigenvalue weighted by Crippen LogP contribution is 2.40. The lowest BCUT2D eigenvalue weighted by molar-refractivity contribution is 0.0533. The Morgan fingerprint density at radius 1 is 1.56 bits per heavy atom. The number of thiophene rings is 2. The number of anilines is 1. The summed E-state index contributed by atoms with van der Waals surface area (Å²) in [7, 11) is 0. The fourth-order valence-electron chi connectivity index (χ4n) is 1.58. The number of carbonyl (C=O) groups excluding carboxylic acids is 1. The number of nitrogen functional groups attached to an aromatic ring is 1. The van der Waals surface area contributed by atoms with E-state index in [1.807, 2.05) is 18.4 Å². The zero-order valence-corrected chi connectivity index (χ0v) is 13.2. The summed E-state index contributed by atoms with van der Waals surface area (Å²) < 4.78 is 6.06.